The number of benzene rings is 3. The molecule has 0 radical (unpaired) electrons. The van der Waals surface area contributed by atoms with Crippen LogP contribution in [0.5, 0.6) is 5.75 Å². The fraction of sp³-hybridized carbons (Fsp3) is 0.308. The van der Waals surface area contributed by atoms with Crippen molar-refractivity contribution in [2.24, 2.45) is 0 Å². The molecule has 0 aromatic heterocycles. The number of amides is 1. The fourth-order valence-electron chi connectivity index (χ4n) is 4.53. The Balaban J connectivity index is 1.72. The van der Waals surface area contributed by atoms with E-state index < -0.39 is 6.04 Å². The van der Waals surface area contributed by atoms with E-state index in [2.05, 4.69) is 16.3 Å². The van der Waals surface area contributed by atoms with Gasteiger partial charge in [-0.2, -0.15) is 5.26 Å². The van der Waals surface area contributed by atoms with E-state index in [0.29, 0.717) is 30.0 Å². The number of carbonyl (C=O) groups is 1. The number of halogens is 1. The monoisotopic (exact) mass is 446 g/mol. The number of nitrogens with one attached hydrogen (secondary N) is 1. The lowest BCUT2D eigenvalue weighted by molar-refractivity contribution is -0.136. The van der Waals surface area contributed by atoms with E-state index in [4.69, 9.17) is 4.74 Å². The molecule has 0 saturated carbocycles. The number of methoxy groups -OCH3 is 1. The molecule has 3 aromatic rings. The summed E-state index contributed by atoms with van der Waals surface area (Å²) in [5.41, 5.74) is 1.84. The number of hydrogen-bond donors (Lipinski definition) is 1. The van der Waals surface area contributed by atoms with Gasteiger partial charge in [-0.25, -0.2) is 4.39 Å². The van der Waals surface area contributed by atoms with Crippen LogP contribution in [0.2, 0.25) is 0 Å². The highest BCUT2D eigenvalue weighted by molar-refractivity contribution is 5.91. The average molecular weight is 447 g/mol. The van der Waals surface area contributed by atoms with Gasteiger partial charge in [-0.1, -0.05) is 36.4 Å². The maximum atomic E-state index is 14.1. The molecule has 0 aliphatic carbocycles. The summed E-state index contributed by atoms with van der Waals surface area (Å²) in [6.45, 7) is 3.18. The molecule has 6 nitrogen and oxygen atoms in total. The van der Waals surface area contributed by atoms with E-state index in [9.17, 15) is 14.4 Å². The lowest BCUT2D eigenvalue weighted by atomic mass is 9.98. The Morgan fingerprint density at radius 3 is 2.67 bits per heavy atom. The van der Waals surface area contributed by atoms with Crippen molar-refractivity contribution in [1.82, 2.24) is 15.1 Å². The number of nitriles is 1. The first-order chi connectivity index (χ1) is 16.0. The predicted octanol–water partition coefficient (Wildman–Crippen LogP) is 3.46. The second kappa shape index (κ2) is 9.99. The van der Waals surface area contributed by atoms with Gasteiger partial charge in [0.05, 0.1) is 12.7 Å². The molecule has 1 amide bonds. The first kappa shape index (κ1) is 22.7. The molecular formula is C26H27FN4O2. The standard InChI is InChI=1S/C26H27FN4O2/c1-30(17-23-22-9-4-3-6-18(22)14-20(16-28)25(23)33-2)26(32)24(31-12-10-29-11-13-31)19-7-5-8-21(27)15-19/h3-9,14-15,24,29H,10-13,17H2,1-2H3. The first-order valence-electron chi connectivity index (χ1n) is 11.0. The minimum Gasteiger partial charge on any atom is -0.495 e. The number of likely N-dealkylation sites (N-methyl/N-ethyl adjacent to an activating group) is 1. The van der Waals surface area contributed by atoms with Gasteiger partial charge in [0.25, 0.3) is 0 Å². The fourth-order valence-corrected chi connectivity index (χ4v) is 4.53. The minimum absolute atomic E-state index is 0.129. The molecule has 1 aliphatic heterocycles. The summed E-state index contributed by atoms with van der Waals surface area (Å²) in [4.78, 5) is 17.5. The van der Waals surface area contributed by atoms with Crippen LogP contribution in [0, 0.1) is 17.1 Å². The summed E-state index contributed by atoms with van der Waals surface area (Å²) < 4.78 is 19.7. The smallest absolute Gasteiger partial charge is 0.244 e. The zero-order valence-corrected chi connectivity index (χ0v) is 18.8. The van der Waals surface area contributed by atoms with Crippen molar-refractivity contribution in [3.8, 4) is 11.8 Å². The van der Waals surface area contributed by atoms with Crippen molar-refractivity contribution in [2.75, 3.05) is 40.3 Å². The molecule has 3 aromatic carbocycles. The number of hydrogen-bond acceptors (Lipinski definition) is 5. The van der Waals surface area contributed by atoms with Crippen LogP contribution in [-0.4, -0.2) is 56.0 Å². The molecule has 1 N–H and O–H groups in total. The minimum atomic E-state index is -0.593. The average Bonchev–Trinajstić information content (AvgIpc) is 2.84. The molecule has 1 unspecified atom stereocenters. The quantitative estimate of drug-likeness (QED) is 0.628. The zero-order valence-electron chi connectivity index (χ0n) is 18.8. The van der Waals surface area contributed by atoms with Gasteiger partial charge in [0.2, 0.25) is 5.91 Å². The van der Waals surface area contributed by atoms with Gasteiger partial charge in [0.15, 0.2) is 0 Å². The Morgan fingerprint density at radius 2 is 1.97 bits per heavy atom. The van der Waals surface area contributed by atoms with E-state index in [0.717, 1.165) is 29.4 Å². The molecule has 4 rings (SSSR count). The summed E-state index contributed by atoms with van der Waals surface area (Å²) in [5, 5.41) is 14.8. The Hall–Kier alpha value is -3.47. The summed E-state index contributed by atoms with van der Waals surface area (Å²) in [6, 6.07) is 17.4. The molecule has 1 saturated heterocycles. The third kappa shape index (κ3) is 4.68. The summed E-state index contributed by atoms with van der Waals surface area (Å²) in [6.07, 6.45) is 0. The highest BCUT2D eigenvalue weighted by Crippen LogP contribution is 2.34. The number of carbonyl (C=O) groups excluding carboxylic acids is 1. The molecule has 1 heterocycles. The highest BCUT2D eigenvalue weighted by atomic mass is 19.1. The Kier molecular flexibility index (Phi) is 6.87. The van der Waals surface area contributed by atoms with Crippen LogP contribution >= 0.6 is 0 Å². The number of piperazine rings is 1. The van der Waals surface area contributed by atoms with Gasteiger partial charge < -0.3 is 15.0 Å². The lowest BCUT2D eigenvalue weighted by Gasteiger charge is -2.36. The first-order valence-corrected chi connectivity index (χ1v) is 11.0. The number of rotatable bonds is 6. The Labute approximate surface area is 193 Å². The predicted molar refractivity (Wildman–Crippen MR) is 125 cm³/mol. The van der Waals surface area contributed by atoms with Crippen LogP contribution in [0.4, 0.5) is 4.39 Å². The molecule has 33 heavy (non-hydrogen) atoms. The van der Waals surface area contributed by atoms with Gasteiger partial charge in [0.1, 0.15) is 23.7 Å². The third-order valence-electron chi connectivity index (χ3n) is 6.12. The van der Waals surface area contributed by atoms with Crippen molar-refractivity contribution in [3.05, 3.63) is 77.1 Å². The van der Waals surface area contributed by atoms with E-state index >= 15 is 0 Å². The number of ether oxygens (including phenoxy) is 1. The van der Waals surface area contributed by atoms with Gasteiger partial charge in [0, 0.05) is 45.3 Å². The van der Waals surface area contributed by atoms with Crippen LogP contribution in [-0.2, 0) is 11.3 Å². The van der Waals surface area contributed by atoms with Gasteiger partial charge in [-0.05, 0) is 34.5 Å². The normalized spacial score (nSPS) is 15.1. The maximum absolute atomic E-state index is 14.1. The van der Waals surface area contributed by atoms with E-state index in [1.165, 1.54) is 19.2 Å². The third-order valence-corrected chi connectivity index (χ3v) is 6.12. The highest BCUT2D eigenvalue weighted by Gasteiger charge is 2.32. The molecule has 0 bridgehead atoms. The van der Waals surface area contributed by atoms with Crippen molar-refractivity contribution in [3.63, 3.8) is 0 Å². The topological polar surface area (TPSA) is 68.6 Å². The Morgan fingerprint density at radius 1 is 1.21 bits per heavy atom. The second-order valence-electron chi connectivity index (χ2n) is 8.21. The largest absolute Gasteiger partial charge is 0.495 e. The van der Waals surface area contributed by atoms with Crippen LogP contribution in [0.25, 0.3) is 10.8 Å². The molecule has 1 atom stereocenters. The molecule has 7 heteroatoms. The van der Waals surface area contributed by atoms with Crippen LogP contribution < -0.4 is 10.1 Å². The SMILES string of the molecule is COc1c(C#N)cc2ccccc2c1CN(C)C(=O)C(c1cccc(F)c1)N1CCNCC1. The van der Waals surface area contributed by atoms with Gasteiger partial charge in [-0.15, -0.1) is 0 Å². The zero-order chi connectivity index (χ0) is 23.4. The molecule has 1 fully saturated rings. The summed E-state index contributed by atoms with van der Waals surface area (Å²) in [5.74, 6) is -0.0196. The van der Waals surface area contributed by atoms with Crippen molar-refractivity contribution < 1.29 is 13.9 Å². The van der Waals surface area contributed by atoms with Crippen LogP contribution in [0.1, 0.15) is 22.7 Å². The lowest BCUT2D eigenvalue weighted by Crippen LogP contribution is -2.49. The van der Waals surface area contributed by atoms with Crippen LogP contribution in [0.15, 0.2) is 54.6 Å². The van der Waals surface area contributed by atoms with Crippen molar-refractivity contribution in [1.29, 1.82) is 5.26 Å². The number of fused-ring (bicyclic) bond motifs is 1. The molecule has 0 spiro atoms. The Bertz CT molecular complexity index is 1200. The van der Waals surface area contributed by atoms with Crippen molar-refractivity contribution >= 4 is 16.7 Å². The number of nitrogens with zero attached hydrogens (tertiary/aromatic N) is 3. The van der Waals surface area contributed by atoms with E-state index in [-0.39, 0.29) is 18.3 Å². The molecule has 170 valence electrons. The summed E-state index contributed by atoms with van der Waals surface area (Å²) >= 11 is 0. The second-order valence-corrected chi connectivity index (χ2v) is 8.21. The van der Waals surface area contributed by atoms with Crippen LogP contribution in [0.3, 0.4) is 0 Å². The molecule has 1 aliphatic rings. The van der Waals surface area contributed by atoms with Crippen molar-refractivity contribution in [2.45, 2.75) is 12.6 Å². The van der Waals surface area contributed by atoms with Gasteiger partial charge in [-0.3, -0.25) is 9.69 Å². The summed E-state index contributed by atoms with van der Waals surface area (Å²) in [7, 11) is 3.27. The van der Waals surface area contributed by atoms with E-state index in [1.54, 1.807) is 30.1 Å². The van der Waals surface area contributed by atoms with Gasteiger partial charge >= 0.3 is 0 Å². The maximum Gasteiger partial charge on any atom is 0.244 e. The van der Waals surface area contributed by atoms with E-state index in [1.807, 2.05) is 24.3 Å². The molecular weight excluding hydrogens is 419 g/mol.